The molecular weight excluding hydrogens is 138 g/mol. The van der Waals surface area contributed by atoms with Crippen LogP contribution < -0.4 is 5.32 Å². The second kappa shape index (κ2) is 4.73. The van der Waals surface area contributed by atoms with E-state index in [9.17, 15) is 0 Å². The minimum absolute atomic E-state index is 0.314. The number of nitrogens with one attached hydrogen (secondary N) is 1. The molecule has 0 spiro atoms. The first-order valence-corrected chi connectivity index (χ1v) is 4.72. The summed E-state index contributed by atoms with van der Waals surface area (Å²) >= 11 is 0. The van der Waals surface area contributed by atoms with Gasteiger partial charge in [0.05, 0.1) is 0 Å². The number of hydrogen-bond donors (Lipinski definition) is 2. The second-order valence-corrected chi connectivity index (χ2v) is 3.38. The van der Waals surface area contributed by atoms with E-state index in [1.165, 1.54) is 19.3 Å². The maximum Gasteiger partial charge on any atom is 0.0443 e. The topological polar surface area (TPSA) is 32.3 Å². The van der Waals surface area contributed by atoms with E-state index in [1.807, 2.05) is 0 Å². The molecule has 0 heterocycles. The van der Waals surface area contributed by atoms with Crippen LogP contribution in [0.1, 0.15) is 32.6 Å². The third-order valence-electron chi connectivity index (χ3n) is 2.37. The summed E-state index contributed by atoms with van der Waals surface area (Å²) in [5, 5.41) is 12.0. The Labute approximate surface area is 69.0 Å². The zero-order valence-electron chi connectivity index (χ0n) is 7.34. The first kappa shape index (κ1) is 9.01. The van der Waals surface area contributed by atoms with Crippen molar-refractivity contribution in [3.05, 3.63) is 0 Å². The molecule has 1 rings (SSSR count). The Bertz CT molecular complexity index is 102. The van der Waals surface area contributed by atoms with Crippen LogP contribution in [0.25, 0.3) is 0 Å². The van der Waals surface area contributed by atoms with Gasteiger partial charge in [0.15, 0.2) is 0 Å². The highest BCUT2D eigenvalue weighted by Crippen LogP contribution is 2.33. The fourth-order valence-electron chi connectivity index (χ4n) is 1.51. The third-order valence-corrected chi connectivity index (χ3v) is 2.37. The van der Waals surface area contributed by atoms with Gasteiger partial charge in [-0.3, -0.25) is 0 Å². The van der Waals surface area contributed by atoms with Gasteiger partial charge in [0.25, 0.3) is 0 Å². The minimum atomic E-state index is 0.314. The monoisotopic (exact) mass is 157 g/mol. The minimum Gasteiger partial charge on any atom is -0.396 e. The fraction of sp³-hybridized carbons (Fsp3) is 1.00. The second-order valence-electron chi connectivity index (χ2n) is 3.38. The van der Waals surface area contributed by atoms with Gasteiger partial charge in [-0.25, -0.2) is 0 Å². The Kier molecular flexibility index (Phi) is 3.87. The summed E-state index contributed by atoms with van der Waals surface area (Å²) in [6.07, 6.45) is 4.94. The summed E-state index contributed by atoms with van der Waals surface area (Å²) in [6.45, 7) is 3.52. The highest BCUT2D eigenvalue weighted by Gasteiger charge is 2.28. The molecule has 1 saturated carbocycles. The average Bonchev–Trinajstić information content (AvgIpc) is 2.81. The van der Waals surface area contributed by atoms with Gasteiger partial charge in [0.2, 0.25) is 0 Å². The van der Waals surface area contributed by atoms with Crippen LogP contribution in [0.4, 0.5) is 0 Å². The van der Waals surface area contributed by atoms with Gasteiger partial charge in [-0.1, -0.05) is 6.92 Å². The molecule has 0 aliphatic heterocycles. The van der Waals surface area contributed by atoms with E-state index in [4.69, 9.17) is 5.11 Å². The molecule has 11 heavy (non-hydrogen) atoms. The van der Waals surface area contributed by atoms with Gasteiger partial charge in [-0.15, -0.1) is 0 Å². The fourth-order valence-corrected chi connectivity index (χ4v) is 1.51. The molecule has 0 aromatic heterocycles. The molecule has 0 saturated heterocycles. The molecule has 2 nitrogen and oxygen atoms in total. The SMILES string of the molecule is CCC(NCCCO)C1CC1. The first-order chi connectivity index (χ1) is 5.38. The van der Waals surface area contributed by atoms with Crippen LogP contribution in [0.2, 0.25) is 0 Å². The molecule has 2 heteroatoms. The lowest BCUT2D eigenvalue weighted by atomic mass is 10.1. The number of rotatable bonds is 6. The van der Waals surface area contributed by atoms with Crippen molar-refractivity contribution in [2.75, 3.05) is 13.2 Å². The molecule has 1 fully saturated rings. The van der Waals surface area contributed by atoms with E-state index < -0.39 is 0 Å². The predicted molar refractivity (Wildman–Crippen MR) is 46.5 cm³/mol. The van der Waals surface area contributed by atoms with Crippen LogP contribution in [0.5, 0.6) is 0 Å². The quantitative estimate of drug-likeness (QED) is 0.567. The molecule has 2 N–H and O–H groups in total. The maximum absolute atomic E-state index is 8.57. The third kappa shape index (κ3) is 3.21. The van der Waals surface area contributed by atoms with Crippen LogP contribution >= 0.6 is 0 Å². The highest BCUT2D eigenvalue weighted by atomic mass is 16.3. The van der Waals surface area contributed by atoms with E-state index in [0.29, 0.717) is 6.61 Å². The Morgan fingerprint density at radius 2 is 2.27 bits per heavy atom. The molecule has 1 aliphatic rings. The van der Waals surface area contributed by atoms with Crippen LogP contribution in [0.15, 0.2) is 0 Å². The average molecular weight is 157 g/mol. The van der Waals surface area contributed by atoms with Crippen molar-refractivity contribution in [1.29, 1.82) is 0 Å². The Morgan fingerprint density at radius 3 is 2.73 bits per heavy atom. The standard InChI is InChI=1S/C9H19NO/c1-2-9(8-4-5-8)10-6-3-7-11/h8-11H,2-7H2,1H3. The maximum atomic E-state index is 8.57. The molecule has 0 aromatic carbocycles. The van der Waals surface area contributed by atoms with Crippen LogP contribution in [0.3, 0.4) is 0 Å². The molecule has 0 radical (unpaired) electrons. The van der Waals surface area contributed by atoms with Gasteiger partial charge >= 0.3 is 0 Å². The zero-order chi connectivity index (χ0) is 8.10. The van der Waals surface area contributed by atoms with Crippen molar-refractivity contribution in [2.24, 2.45) is 5.92 Å². The molecule has 0 aromatic rings. The van der Waals surface area contributed by atoms with E-state index >= 15 is 0 Å². The van der Waals surface area contributed by atoms with E-state index in [0.717, 1.165) is 24.9 Å². The summed E-state index contributed by atoms with van der Waals surface area (Å²) in [4.78, 5) is 0. The Balaban J connectivity index is 2.01. The summed E-state index contributed by atoms with van der Waals surface area (Å²) in [6, 6.07) is 0.724. The molecule has 0 amide bonds. The lowest BCUT2D eigenvalue weighted by Crippen LogP contribution is -2.31. The van der Waals surface area contributed by atoms with Crippen molar-refractivity contribution >= 4 is 0 Å². The molecule has 1 unspecified atom stereocenters. The van der Waals surface area contributed by atoms with Crippen molar-refractivity contribution in [3.8, 4) is 0 Å². The highest BCUT2D eigenvalue weighted by molar-refractivity contribution is 4.85. The van der Waals surface area contributed by atoms with Crippen LogP contribution in [-0.2, 0) is 0 Å². The molecule has 0 bridgehead atoms. The number of aliphatic hydroxyl groups is 1. The summed E-state index contributed by atoms with van der Waals surface area (Å²) in [5.74, 6) is 0.943. The van der Waals surface area contributed by atoms with Crippen molar-refractivity contribution < 1.29 is 5.11 Å². The van der Waals surface area contributed by atoms with Crippen molar-refractivity contribution in [1.82, 2.24) is 5.32 Å². The van der Waals surface area contributed by atoms with E-state index in [1.54, 1.807) is 0 Å². The summed E-state index contributed by atoms with van der Waals surface area (Å²) in [7, 11) is 0. The molecule has 66 valence electrons. The number of aliphatic hydroxyl groups excluding tert-OH is 1. The first-order valence-electron chi connectivity index (χ1n) is 4.72. The Hall–Kier alpha value is -0.0800. The van der Waals surface area contributed by atoms with Crippen molar-refractivity contribution in [2.45, 2.75) is 38.6 Å². The van der Waals surface area contributed by atoms with Crippen LogP contribution in [-0.4, -0.2) is 24.3 Å². The summed E-state index contributed by atoms with van der Waals surface area (Å²) < 4.78 is 0. The molecular formula is C9H19NO. The Morgan fingerprint density at radius 1 is 1.55 bits per heavy atom. The number of hydrogen-bond acceptors (Lipinski definition) is 2. The van der Waals surface area contributed by atoms with E-state index in [2.05, 4.69) is 12.2 Å². The largest absolute Gasteiger partial charge is 0.396 e. The normalized spacial score (nSPS) is 20.2. The van der Waals surface area contributed by atoms with Gasteiger partial charge < -0.3 is 10.4 Å². The lowest BCUT2D eigenvalue weighted by molar-refractivity contribution is 0.281. The van der Waals surface area contributed by atoms with Crippen molar-refractivity contribution in [3.63, 3.8) is 0 Å². The summed E-state index contributed by atoms with van der Waals surface area (Å²) in [5.41, 5.74) is 0. The predicted octanol–water partition coefficient (Wildman–Crippen LogP) is 1.15. The van der Waals surface area contributed by atoms with Gasteiger partial charge in [-0.2, -0.15) is 0 Å². The van der Waals surface area contributed by atoms with Gasteiger partial charge in [-0.05, 0) is 38.1 Å². The van der Waals surface area contributed by atoms with Crippen LogP contribution in [0, 0.1) is 5.92 Å². The molecule has 1 aliphatic carbocycles. The lowest BCUT2D eigenvalue weighted by Gasteiger charge is -2.15. The molecule has 1 atom stereocenters. The van der Waals surface area contributed by atoms with Gasteiger partial charge in [0.1, 0.15) is 0 Å². The van der Waals surface area contributed by atoms with Gasteiger partial charge in [0, 0.05) is 12.6 Å². The van der Waals surface area contributed by atoms with E-state index in [-0.39, 0.29) is 0 Å². The smallest absolute Gasteiger partial charge is 0.0443 e. The zero-order valence-corrected chi connectivity index (χ0v) is 7.34.